The first-order chi connectivity index (χ1) is 6.24. The lowest BCUT2D eigenvalue weighted by atomic mass is 10.7. The molecule has 0 spiro atoms. The maximum Gasteiger partial charge on any atom is 0.316 e. The molecule has 0 fully saturated rings. The van der Waals surface area contributed by atoms with Crippen molar-refractivity contribution in [2.75, 3.05) is 18.6 Å². The van der Waals surface area contributed by atoms with Gasteiger partial charge in [-0.3, -0.25) is 4.79 Å². The molecule has 0 unspecified atom stereocenters. The highest BCUT2D eigenvalue weighted by atomic mass is 32.2. The highest BCUT2D eigenvalue weighted by molar-refractivity contribution is 8.00. The van der Waals surface area contributed by atoms with E-state index in [-0.39, 0.29) is 11.7 Å². The molecule has 0 saturated carbocycles. The van der Waals surface area contributed by atoms with Gasteiger partial charge < -0.3 is 10.5 Å². The van der Waals surface area contributed by atoms with Gasteiger partial charge in [0.15, 0.2) is 5.82 Å². The third-order valence-electron chi connectivity index (χ3n) is 1.25. The predicted octanol–water partition coefficient (Wildman–Crippen LogP) is 0.324. The molecule has 2 N–H and O–H groups in total. The fourth-order valence-electron chi connectivity index (χ4n) is 0.633. The van der Waals surface area contributed by atoms with Crippen LogP contribution >= 0.6 is 11.8 Å². The first kappa shape index (κ1) is 9.79. The number of carbonyl (C=O) groups excluding carboxylic acids is 1. The van der Waals surface area contributed by atoms with Crippen LogP contribution < -0.4 is 5.73 Å². The monoisotopic (exact) mass is 199 g/mol. The minimum atomic E-state index is -0.310. The van der Waals surface area contributed by atoms with Gasteiger partial charge in [0.2, 0.25) is 0 Å². The van der Waals surface area contributed by atoms with Gasteiger partial charge >= 0.3 is 5.97 Å². The zero-order chi connectivity index (χ0) is 9.68. The van der Waals surface area contributed by atoms with Crippen LogP contribution in [0.2, 0.25) is 0 Å². The Morgan fingerprint density at radius 3 is 2.92 bits per heavy atom. The zero-order valence-electron chi connectivity index (χ0n) is 7.06. The summed E-state index contributed by atoms with van der Waals surface area (Å²) >= 11 is 1.21. The molecule has 70 valence electrons. The molecular weight excluding hydrogens is 190 g/mol. The number of carbonyl (C=O) groups is 1. The SMILES string of the molecule is COC(=O)CSc1nccnc1N. The van der Waals surface area contributed by atoms with Gasteiger partial charge in [-0.25, -0.2) is 9.97 Å². The Bertz CT molecular complexity index is 306. The van der Waals surface area contributed by atoms with Crippen LogP contribution in [0, 0.1) is 0 Å². The van der Waals surface area contributed by atoms with Gasteiger partial charge in [0, 0.05) is 12.4 Å². The second-order valence-electron chi connectivity index (χ2n) is 2.11. The molecule has 0 saturated heterocycles. The molecule has 0 aliphatic carbocycles. The van der Waals surface area contributed by atoms with Crippen LogP contribution in [-0.4, -0.2) is 28.8 Å². The lowest BCUT2D eigenvalue weighted by Crippen LogP contribution is -2.04. The molecule has 13 heavy (non-hydrogen) atoms. The van der Waals surface area contributed by atoms with Crippen molar-refractivity contribution in [2.45, 2.75) is 5.03 Å². The molecule has 1 aromatic rings. The van der Waals surface area contributed by atoms with E-state index in [0.717, 1.165) is 0 Å². The van der Waals surface area contributed by atoms with Crippen LogP contribution in [0.15, 0.2) is 17.4 Å². The Labute approximate surface area is 79.7 Å². The second-order valence-corrected chi connectivity index (χ2v) is 3.08. The van der Waals surface area contributed by atoms with Crippen molar-refractivity contribution in [3.8, 4) is 0 Å². The zero-order valence-corrected chi connectivity index (χ0v) is 7.87. The Kier molecular flexibility index (Phi) is 3.51. The molecule has 6 heteroatoms. The summed E-state index contributed by atoms with van der Waals surface area (Å²) in [6.07, 6.45) is 3.02. The summed E-state index contributed by atoms with van der Waals surface area (Å²) in [7, 11) is 1.34. The van der Waals surface area contributed by atoms with Crippen LogP contribution in [0.3, 0.4) is 0 Å². The van der Waals surface area contributed by atoms with Crippen molar-refractivity contribution in [3.05, 3.63) is 12.4 Å². The maximum atomic E-state index is 10.8. The normalized spacial score (nSPS) is 9.62. The maximum absolute atomic E-state index is 10.8. The van der Waals surface area contributed by atoms with Crippen LogP contribution in [0.4, 0.5) is 5.82 Å². The quantitative estimate of drug-likeness (QED) is 0.558. The molecule has 5 nitrogen and oxygen atoms in total. The average molecular weight is 199 g/mol. The lowest BCUT2D eigenvalue weighted by Gasteiger charge is -2.00. The van der Waals surface area contributed by atoms with E-state index in [1.807, 2.05) is 0 Å². The van der Waals surface area contributed by atoms with Crippen LogP contribution in [0.1, 0.15) is 0 Å². The summed E-state index contributed by atoms with van der Waals surface area (Å²) in [5, 5.41) is 0.549. The average Bonchev–Trinajstić information content (AvgIpc) is 2.16. The fourth-order valence-corrected chi connectivity index (χ4v) is 1.34. The first-order valence-corrected chi connectivity index (χ1v) is 4.48. The molecule has 0 atom stereocenters. The Balaban J connectivity index is 2.54. The summed E-state index contributed by atoms with van der Waals surface area (Å²) < 4.78 is 4.46. The van der Waals surface area contributed by atoms with E-state index in [1.54, 1.807) is 0 Å². The number of thioether (sulfide) groups is 1. The number of ether oxygens (including phenoxy) is 1. The van der Waals surface area contributed by atoms with E-state index in [4.69, 9.17) is 5.73 Å². The smallest absolute Gasteiger partial charge is 0.316 e. The van der Waals surface area contributed by atoms with Crippen LogP contribution in [-0.2, 0) is 9.53 Å². The lowest BCUT2D eigenvalue weighted by molar-refractivity contribution is -0.137. The van der Waals surface area contributed by atoms with Crippen LogP contribution in [0.5, 0.6) is 0 Å². The van der Waals surface area contributed by atoms with Crippen molar-refractivity contribution in [2.24, 2.45) is 0 Å². The number of rotatable bonds is 3. The first-order valence-electron chi connectivity index (χ1n) is 3.50. The van der Waals surface area contributed by atoms with Gasteiger partial charge in [-0.05, 0) is 0 Å². The summed E-state index contributed by atoms with van der Waals surface area (Å²) in [6.45, 7) is 0. The molecule has 1 heterocycles. The van der Waals surface area contributed by atoms with Crippen molar-refractivity contribution in [3.63, 3.8) is 0 Å². The predicted molar refractivity (Wildman–Crippen MR) is 49.2 cm³/mol. The van der Waals surface area contributed by atoms with Crippen molar-refractivity contribution >= 4 is 23.5 Å². The Morgan fingerprint density at radius 2 is 2.31 bits per heavy atom. The fraction of sp³-hybridized carbons (Fsp3) is 0.286. The number of hydrogen-bond acceptors (Lipinski definition) is 6. The number of nitrogen functional groups attached to an aromatic ring is 1. The van der Waals surface area contributed by atoms with Crippen LogP contribution in [0.25, 0.3) is 0 Å². The molecule has 1 aromatic heterocycles. The van der Waals surface area contributed by atoms with Gasteiger partial charge in [0.1, 0.15) is 5.03 Å². The summed E-state index contributed by atoms with van der Waals surface area (Å²) in [6, 6.07) is 0. The molecule has 0 bridgehead atoms. The molecule has 0 aliphatic heterocycles. The second kappa shape index (κ2) is 4.66. The summed E-state index contributed by atoms with van der Waals surface area (Å²) in [4.78, 5) is 18.5. The number of nitrogens with two attached hydrogens (primary N) is 1. The number of esters is 1. The van der Waals surface area contributed by atoms with Gasteiger partial charge in [-0.1, -0.05) is 11.8 Å². The Morgan fingerprint density at radius 1 is 1.62 bits per heavy atom. The molecular formula is C7H9N3O2S. The minimum Gasteiger partial charge on any atom is -0.468 e. The molecule has 0 aliphatic rings. The number of aromatic nitrogens is 2. The van der Waals surface area contributed by atoms with E-state index >= 15 is 0 Å². The van der Waals surface area contributed by atoms with Crippen molar-refractivity contribution < 1.29 is 9.53 Å². The van der Waals surface area contributed by atoms with E-state index in [0.29, 0.717) is 10.8 Å². The Hall–Kier alpha value is -1.30. The van der Waals surface area contributed by atoms with E-state index in [1.165, 1.54) is 31.3 Å². The van der Waals surface area contributed by atoms with Gasteiger partial charge in [0.25, 0.3) is 0 Å². The molecule has 0 radical (unpaired) electrons. The van der Waals surface area contributed by atoms with Gasteiger partial charge in [0.05, 0.1) is 12.9 Å². The highest BCUT2D eigenvalue weighted by Gasteiger charge is 2.05. The molecule has 0 aromatic carbocycles. The van der Waals surface area contributed by atoms with Gasteiger partial charge in [-0.2, -0.15) is 0 Å². The van der Waals surface area contributed by atoms with E-state index in [9.17, 15) is 4.79 Å². The number of nitrogens with zero attached hydrogens (tertiary/aromatic N) is 2. The minimum absolute atomic E-state index is 0.194. The topological polar surface area (TPSA) is 78.1 Å². The third kappa shape index (κ3) is 2.90. The summed E-state index contributed by atoms with van der Waals surface area (Å²) in [5.74, 6) is 0.214. The third-order valence-corrected chi connectivity index (χ3v) is 2.21. The van der Waals surface area contributed by atoms with Gasteiger partial charge in [-0.15, -0.1) is 0 Å². The highest BCUT2D eigenvalue weighted by Crippen LogP contribution is 2.19. The standard InChI is InChI=1S/C7H9N3O2S/c1-12-5(11)4-13-7-6(8)9-2-3-10-7/h2-3H,4H2,1H3,(H2,8,9). The number of anilines is 1. The number of hydrogen-bond donors (Lipinski definition) is 1. The molecule has 0 amide bonds. The van der Waals surface area contributed by atoms with Crippen molar-refractivity contribution in [1.29, 1.82) is 0 Å². The summed E-state index contributed by atoms with van der Waals surface area (Å²) in [5.41, 5.74) is 5.50. The van der Waals surface area contributed by atoms with E-state index in [2.05, 4.69) is 14.7 Å². The molecule has 1 rings (SSSR count). The largest absolute Gasteiger partial charge is 0.468 e. The van der Waals surface area contributed by atoms with E-state index < -0.39 is 0 Å². The van der Waals surface area contributed by atoms with Crippen molar-refractivity contribution in [1.82, 2.24) is 9.97 Å². The number of methoxy groups -OCH3 is 1.